The van der Waals surface area contributed by atoms with Crippen LogP contribution in [-0.2, 0) is 10.0 Å². The summed E-state index contributed by atoms with van der Waals surface area (Å²) in [7, 11) is -3.32. The molecule has 1 saturated heterocycles. The van der Waals surface area contributed by atoms with Crippen molar-refractivity contribution in [2.45, 2.75) is 39.3 Å². The maximum absolute atomic E-state index is 11.9. The normalized spacial score (nSPS) is 27.1. The second-order valence-corrected chi connectivity index (χ2v) is 7.48. The molecule has 1 fully saturated rings. The highest BCUT2D eigenvalue weighted by atomic mass is 32.2. The summed E-state index contributed by atoms with van der Waals surface area (Å²) in [6.45, 7) is 6.67. The van der Waals surface area contributed by atoms with Crippen molar-refractivity contribution >= 4 is 15.9 Å². The minimum absolute atomic E-state index is 0.127. The molecule has 6 nitrogen and oxygen atoms in total. The standard InChI is InChI=1S/C13H23N3O3S/c1-9-10(2)14-11(3)15-8-12(7-13(9)15)16(5-6-17)20(4,18)19/h10,12,17H,5-8H2,1-4H3. The Hall–Kier alpha value is -0.920. The van der Waals surface area contributed by atoms with Crippen molar-refractivity contribution in [3.63, 3.8) is 0 Å². The summed E-state index contributed by atoms with van der Waals surface area (Å²) in [5, 5.41) is 9.11. The highest BCUT2D eigenvalue weighted by molar-refractivity contribution is 7.88. The minimum Gasteiger partial charge on any atom is -0.395 e. The molecule has 0 aromatic heterocycles. The lowest BCUT2D eigenvalue weighted by atomic mass is 10.0. The molecule has 0 radical (unpaired) electrons. The van der Waals surface area contributed by atoms with Crippen LogP contribution in [0.2, 0.25) is 0 Å². The topological polar surface area (TPSA) is 73.2 Å². The smallest absolute Gasteiger partial charge is 0.211 e. The highest BCUT2D eigenvalue weighted by Crippen LogP contribution is 2.33. The summed E-state index contributed by atoms with van der Waals surface area (Å²) in [4.78, 5) is 6.68. The molecule has 2 aliphatic heterocycles. The molecule has 20 heavy (non-hydrogen) atoms. The number of amidine groups is 1. The number of hydrogen-bond donors (Lipinski definition) is 1. The fourth-order valence-corrected chi connectivity index (χ4v) is 4.11. The Labute approximate surface area is 120 Å². The quantitative estimate of drug-likeness (QED) is 0.816. The number of nitrogens with zero attached hydrogens (tertiary/aromatic N) is 3. The number of aliphatic imine (C=N–C) groups is 1. The monoisotopic (exact) mass is 301 g/mol. The zero-order valence-corrected chi connectivity index (χ0v) is 13.3. The fourth-order valence-electron chi connectivity index (χ4n) is 3.02. The van der Waals surface area contributed by atoms with Gasteiger partial charge in [-0.15, -0.1) is 0 Å². The van der Waals surface area contributed by atoms with Crippen LogP contribution in [0.5, 0.6) is 0 Å². The molecule has 2 rings (SSSR count). The van der Waals surface area contributed by atoms with Crippen molar-refractivity contribution in [1.82, 2.24) is 9.21 Å². The summed E-state index contributed by atoms with van der Waals surface area (Å²) < 4.78 is 25.2. The van der Waals surface area contributed by atoms with E-state index in [-0.39, 0.29) is 25.2 Å². The van der Waals surface area contributed by atoms with Crippen molar-refractivity contribution in [2.75, 3.05) is 26.0 Å². The van der Waals surface area contributed by atoms with Gasteiger partial charge in [0.2, 0.25) is 10.0 Å². The summed E-state index contributed by atoms with van der Waals surface area (Å²) in [5.41, 5.74) is 2.39. The minimum atomic E-state index is -3.32. The van der Waals surface area contributed by atoms with Gasteiger partial charge in [-0.2, -0.15) is 4.31 Å². The Morgan fingerprint density at radius 2 is 2.10 bits per heavy atom. The molecule has 0 spiro atoms. The Morgan fingerprint density at radius 1 is 1.45 bits per heavy atom. The summed E-state index contributed by atoms with van der Waals surface area (Å²) in [6, 6.07) is 0.0297. The third kappa shape index (κ3) is 2.75. The lowest BCUT2D eigenvalue weighted by Crippen LogP contribution is -2.43. The predicted octanol–water partition coefficient (Wildman–Crippen LogP) is 0.409. The number of hydrogen-bond acceptors (Lipinski definition) is 5. The average molecular weight is 301 g/mol. The lowest BCUT2D eigenvalue weighted by Gasteiger charge is -2.29. The second-order valence-electron chi connectivity index (χ2n) is 5.55. The van der Waals surface area contributed by atoms with E-state index in [2.05, 4.69) is 23.7 Å². The van der Waals surface area contributed by atoms with E-state index in [1.54, 1.807) is 0 Å². The Morgan fingerprint density at radius 3 is 2.65 bits per heavy atom. The first-order valence-corrected chi connectivity index (χ1v) is 8.69. The van der Waals surface area contributed by atoms with Crippen LogP contribution in [0.3, 0.4) is 0 Å². The lowest BCUT2D eigenvalue weighted by molar-refractivity contribution is 0.228. The maximum Gasteiger partial charge on any atom is 0.211 e. The molecular weight excluding hydrogens is 278 g/mol. The van der Waals surface area contributed by atoms with Crippen molar-refractivity contribution in [3.8, 4) is 0 Å². The van der Waals surface area contributed by atoms with Gasteiger partial charge in [-0.3, -0.25) is 4.99 Å². The van der Waals surface area contributed by atoms with E-state index in [1.807, 2.05) is 6.92 Å². The molecule has 2 aliphatic rings. The van der Waals surface area contributed by atoms with Gasteiger partial charge in [-0.05, 0) is 26.3 Å². The van der Waals surface area contributed by atoms with Crippen LogP contribution in [0.4, 0.5) is 0 Å². The first-order valence-electron chi connectivity index (χ1n) is 6.85. The van der Waals surface area contributed by atoms with Crippen LogP contribution in [0.25, 0.3) is 0 Å². The van der Waals surface area contributed by atoms with Crippen molar-refractivity contribution in [1.29, 1.82) is 0 Å². The van der Waals surface area contributed by atoms with Gasteiger partial charge >= 0.3 is 0 Å². The first-order chi connectivity index (χ1) is 9.25. The molecule has 0 bridgehead atoms. The van der Waals surface area contributed by atoms with Gasteiger partial charge in [0.1, 0.15) is 5.84 Å². The summed E-state index contributed by atoms with van der Waals surface area (Å²) in [6.07, 6.45) is 1.89. The molecule has 7 heteroatoms. The number of aliphatic hydroxyl groups is 1. The summed E-state index contributed by atoms with van der Waals surface area (Å²) in [5.74, 6) is 0.943. The third-order valence-corrected chi connectivity index (χ3v) is 5.49. The van der Waals surface area contributed by atoms with Crippen LogP contribution in [-0.4, -0.2) is 66.6 Å². The molecule has 2 unspecified atom stereocenters. The maximum atomic E-state index is 11.9. The second kappa shape index (κ2) is 5.46. The van der Waals surface area contributed by atoms with E-state index >= 15 is 0 Å². The third-order valence-electron chi connectivity index (χ3n) is 4.15. The molecule has 0 aromatic rings. The number of aliphatic hydroxyl groups excluding tert-OH is 1. The Bertz CT molecular complexity index is 553. The van der Waals surface area contributed by atoms with Crippen LogP contribution in [0, 0.1) is 0 Å². The zero-order valence-electron chi connectivity index (χ0n) is 12.5. The van der Waals surface area contributed by atoms with E-state index < -0.39 is 10.0 Å². The molecule has 2 atom stereocenters. The van der Waals surface area contributed by atoms with Crippen LogP contribution in [0.15, 0.2) is 16.3 Å². The van der Waals surface area contributed by atoms with Gasteiger partial charge in [0, 0.05) is 31.2 Å². The first kappa shape index (κ1) is 15.5. The number of sulfonamides is 1. The van der Waals surface area contributed by atoms with Crippen molar-refractivity contribution < 1.29 is 13.5 Å². The van der Waals surface area contributed by atoms with Gasteiger partial charge in [0.15, 0.2) is 0 Å². The Kier molecular flexibility index (Phi) is 4.22. The number of rotatable bonds is 4. The SMILES string of the molecule is CC1=NC(C)C(C)=C2CC(N(CCO)S(C)(=O)=O)CN12. The van der Waals surface area contributed by atoms with Gasteiger partial charge in [-0.1, -0.05) is 0 Å². The van der Waals surface area contributed by atoms with Gasteiger partial charge in [0.25, 0.3) is 0 Å². The molecule has 1 N–H and O–H groups in total. The summed E-state index contributed by atoms with van der Waals surface area (Å²) >= 11 is 0. The van der Waals surface area contributed by atoms with Crippen LogP contribution < -0.4 is 0 Å². The van der Waals surface area contributed by atoms with Crippen LogP contribution in [0.1, 0.15) is 27.2 Å². The molecule has 2 heterocycles. The molecule has 0 amide bonds. The van der Waals surface area contributed by atoms with Crippen molar-refractivity contribution in [2.24, 2.45) is 4.99 Å². The van der Waals surface area contributed by atoms with E-state index in [4.69, 9.17) is 5.11 Å². The van der Waals surface area contributed by atoms with Gasteiger partial charge < -0.3 is 10.0 Å². The van der Waals surface area contributed by atoms with Gasteiger partial charge in [-0.25, -0.2) is 8.42 Å². The van der Waals surface area contributed by atoms with E-state index in [9.17, 15) is 8.42 Å². The molecular formula is C13H23N3O3S. The van der Waals surface area contributed by atoms with E-state index in [0.29, 0.717) is 13.0 Å². The average Bonchev–Trinajstić information content (AvgIpc) is 2.77. The van der Waals surface area contributed by atoms with E-state index in [0.717, 1.165) is 5.84 Å². The Balaban J connectivity index is 2.29. The highest BCUT2D eigenvalue weighted by Gasteiger charge is 2.38. The predicted molar refractivity (Wildman–Crippen MR) is 79.0 cm³/mol. The zero-order chi connectivity index (χ0) is 15.1. The fraction of sp³-hybridized carbons (Fsp3) is 0.769. The largest absolute Gasteiger partial charge is 0.395 e. The molecule has 0 aliphatic carbocycles. The van der Waals surface area contributed by atoms with Crippen LogP contribution >= 0.6 is 0 Å². The van der Waals surface area contributed by atoms with Gasteiger partial charge in [0.05, 0.1) is 18.9 Å². The molecule has 0 aromatic carbocycles. The number of fused-ring (bicyclic) bond motifs is 1. The molecule has 114 valence electrons. The van der Waals surface area contributed by atoms with Crippen molar-refractivity contribution in [3.05, 3.63) is 11.3 Å². The van der Waals surface area contributed by atoms with E-state index in [1.165, 1.54) is 21.8 Å². The molecule has 0 saturated carbocycles.